The van der Waals surface area contributed by atoms with E-state index in [1.165, 1.54) is 36.4 Å². The molecular weight excluding hydrogens is 332 g/mol. The molecular formula is C18H15ClO3S. The minimum atomic E-state index is -3.96. The molecule has 3 rings (SSSR count). The van der Waals surface area contributed by atoms with Gasteiger partial charge >= 0.3 is 0 Å². The van der Waals surface area contributed by atoms with Crippen LogP contribution in [0.3, 0.4) is 0 Å². The zero-order chi connectivity index (χ0) is 16.5. The van der Waals surface area contributed by atoms with Gasteiger partial charge in [0.2, 0.25) is 14.8 Å². The van der Waals surface area contributed by atoms with Gasteiger partial charge in [-0.3, -0.25) is 0 Å². The molecule has 0 fully saturated rings. The first-order chi connectivity index (χ1) is 10.9. The number of halogens is 1. The molecule has 1 aliphatic rings. The number of benzene rings is 2. The molecule has 0 unspecified atom stereocenters. The Kier molecular flexibility index (Phi) is 4.15. The van der Waals surface area contributed by atoms with Gasteiger partial charge < -0.3 is 5.11 Å². The Hall–Kier alpha value is -1.88. The van der Waals surface area contributed by atoms with Crippen molar-refractivity contribution in [3.05, 3.63) is 89.5 Å². The molecule has 0 bridgehead atoms. The van der Waals surface area contributed by atoms with Crippen LogP contribution in [0.15, 0.2) is 83.8 Å². The zero-order valence-corrected chi connectivity index (χ0v) is 13.7. The predicted molar refractivity (Wildman–Crippen MR) is 91.1 cm³/mol. The molecule has 118 valence electrons. The van der Waals surface area contributed by atoms with Crippen molar-refractivity contribution in [2.24, 2.45) is 0 Å². The number of rotatable bonds is 3. The quantitative estimate of drug-likeness (QED) is 0.862. The Morgan fingerprint density at radius 3 is 2.04 bits per heavy atom. The first-order valence-electron chi connectivity index (χ1n) is 7.09. The van der Waals surface area contributed by atoms with E-state index in [-0.39, 0.29) is 10.8 Å². The van der Waals surface area contributed by atoms with E-state index in [0.29, 0.717) is 5.02 Å². The lowest BCUT2D eigenvalue weighted by atomic mass is 9.94. The van der Waals surface area contributed by atoms with E-state index < -0.39 is 14.8 Å². The minimum Gasteiger partial charge on any atom is -0.368 e. The topological polar surface area (TPSA) is 54.4 Å². The summed E-state index contributed by atoms with van der Waals surface area (Å²) in [6.07, 6.45) is 6.05. The second kappa shape index (κ2) is 5.96. The van der Waals surface area contributed by atoms with Crippen LogP contribution in [0.1, 0.15) is 11.5 Å². The average Bonchev–Trinajstić information content (AvgIpc) is 2.56. The maximum Gasteiger partial charge on any atom is 0.215 e. The summed E-state index contributed by atoms with van der Waals surface area (Å²) in [7, 11) is -3.96. The van der Waals surface area contributed by atoms with Crippen LogP contribution in [0.2, 0.25) is 5.02 Å². The fourth-order valence-corrected chi connectivity index (χ4v) is 4.00. The number of allylic oxidation sites excluding steroid dienone is 2. The lowest BCUT2D eigenvalue weighted by Crippen LogP contribution is -2.35. The van der Waals surface area contributed by atoms with Gasteiger partial charge in [0.25, 0.3) is 0 Å². The number of aliphatic hydroxyl groups is 1. The van der Waals surface area contributed by atoms with Crippen LogP contribution in [0.4, 0.5) is 0 Å². The van der Waals surface area contributed by atoms with Gasteiger partial charge in [-0.15, -0.1) is 0 Å². The van der Waals surface area contributed by atoms with Crippen molar-refractivity contribution >= 4 is 21.4 Å². The van der Waals surface area contributed by atoms with Gasteiger partial charge in [-0.2, -0.15) is 0 Å². The van der Waals surface area contributed by atoms with Crippen molar-refractivity contribution in [1.29, 1.82) is 0 Å². The van der Waals surface area contributed by atoms with Crippen molar-refractivity contribution in [3.8, 4) is 0 Å². The third kappa shape index (κ3) is 2.98. The lowest BCUT2D eigenvalue weighted by molar-refractivity contribution is 0.220. The predicted octanol–water partition coefficient (Wildman–Crippen LogP) is 3.71. The summed E-state index contributed by atoms with van der Waals surface area (Å²) >= 11 is 5.78. The monoisotopic (exact) mass is 346 g/mol. The molecule has 1 N–H and O–H groups in total. The summed E-state index contributed by atoms with van der Waals surface area (Å²) in [5, 5.41) is 11.0. The normalized spacial score (nSPS) is 23.8. The third-order valence-electron chi connectivity index (χ3n) is 3.82. The Bertz CT molecular complexity index is 839. The summed E-state index contributed by atoms with van der Waals surface area (Å²) < 4.78 is 25.3. The van der Waals surface area contributed by atoms with E-state index in [9.17, 15) is 13.5 Å². The molecule has 0 radical (unpaired) electrons. The number of sulfone groups is 1. The van der Waals surface area contributed by atoms with E-state index in [4.69, 9.17) is 11.6 Å². The summed E-state index contributed by atoms with van der Waals surface area (Å²) in [4.78, 5) is -2.02. The Labute approximate surface area is 140 Å². The first kappa shape index (κ1) is 16.0. The second-order valence-corrected chi connectivity index (χ2v) is 7.93. The van der Waals surface area contributed by atoms with Crippen molar-refractivity contribution < 1.29 is 13.5 Å². The maximum atomic E-state index is 12.7. The number of hydrogen-bond donors (Lipinski definition) is 1. The molecule has 0 atom stereocenters. The molecule has 0 saturated heterocycles. The van der Waals surface area contributed by atoms with Crippen LogP contribution < -0.4 is 0 Å². The molecule has 0 saturated carbocycles. The van der Waals surface area contributed by atoms with Gasteiger partial charge in [0.05, 0.1) is 4.90 Å². The highest BCUT2D eigenvalue weighted by Crippen LogP contribution is 2.33. The summed E-state index contributed by atoms with van der Waals surface area (Å²) in [5.41, 5.74) is 1.03. The molecule has 0 aliphatic heterocycles. The van der Waals surface area contributed by atoms with Gasteiger partial charge in [-0.05, 0) is 42.0 Å². The summed E-state index contributed by atoms with van der Waals surface area (Å²) in [6, 6.07) is 15.4. The number of hydrogen-bond acceptors (Lipinski definition) is 3. The minimum absolute atomic E-state index is 0.0249. The van der Waals surface area contributed by atoms with Gasteiger partial charge in [-0.1, -0.05) is 54.1 Å². The highest BCUT2D eigenvalue weighted by Gasteiger charge is 2.40. The smallest absolute Gasteiger partial charge is 0.215 e. The fourth-order valence-electron chi connectivity index (χ4n) is 2.48. The Morgan fingerprint density at radius 1 is 0.913 bits per heavy atom. The van der Waals surface area contributed by atoms with E-state index in [1.807, 2.05) is 30.3 Å². The van der Waals surface area contributed by atoms with Crippen molar-refractivity contribution in [2.45, 2.75) is 15.7 Å². The molecule has 2 aromatic carbocycles. The highest BCUT2D eigenvalue weighted by atomic mass is 35.5. The summed E-state index contributed by atoms with van der Waals surface area (Å²) in [5.74, 6) is -0.0584. The molecule has 0 heterocycles. The first-order valence-corrected chi connectivity index (χ1v) is 8.95. The van der Waals surface area contributed by atoms with Crippen LogP contribution in [0.5, 0.6) is 0 Å². The van der Waals surface area contributed by atoms with Gasteiger partial charge in [0.15, 0.2) is 0 Å². The molecule has 2 aromatic rings. The van der Waals surface area contributed by atoms with Gasteiger partial charge in [0.1, 0.15) is 0 Å². The van der Waals surface area contributed by atoms with Crippen molar-refractivity contribution in [1.82, 2.24) is 0 Å². The van der Waals surface area contributed by atoms with E-state index in [1.54, 1.807) is 12.2 Å². The largest absolute Gasteiger partial charge is 0.368 e. The SMILES string of the molecule is O=S(=O)(c1ccc(Cl)cc1)C1(O)C=CC(c2ccccc2)C=C1. The fraction of sp³-hybridized carbons (Fsp3) is 0.111. The molecule has 0 aromatic heterocycles. The Balaban J connectivity index is 1.92. The second-order valence-electron chi connectivity index (χ2n) is 5.36. The van der Waals surface area contributed by atoms with Crippen molar-refractivity contribution in [3.63, 3.8) is 0 Å². The summed E-state index contributed by atoms with van der Waals surface area (Å²) in [6.45, 7) is 0. The zero-order valence-electron chi connectivity index (χ0n) is 12.1. The molecule has 1 aliphatic carbocycles. The van der Waals surface area contributed by atoms with E-state index in [2.05, 4.69) is 0 Å². The van der Waals surface area contributed by atoms with Crippen LogP contribution >= 0.6 is 11.6 Å². The molecule has 0 amide bonds. The van der Waals surface area contributed by atoms with Crippen LogP contribution in [0.25, 0.3) is 0 Å². The van der Waals surface area contributed by atoms with Crippen LogP contribution in [0, 0.1) is 0 Å². The molecule has 5 heteroatoms. The highest BCUT2D eigenvalue weighted by molar-refractivity contribution is 7.93. The molecule has 0 spiro atoms. The van der Waals surface area contributed by atoms with Crippen molar-refractivity contribution in [2.75, 3.05) is 0 Å². The standard InChI is InChI=1S/C18H15ClO3S/c19-16-6-8-17(9-7-16)23(21,22)18(20)12-10-15(11-13-18)14-4-2-1-3-5-14/h1-13,15,20H. The van der Waals surface area contributed by atoms with E-state index >= 15 is 0 Å². The van der Waals surface area contributed by atoms with Crippen LogP contribution in [-0.2, 0) is 9.84 Å². The van der Waals surface area contributed by atoms with Gasteiger partial charge in [-0.25, -0.2) is 8.42 Å². The van der Waals surface area contributed by atoms with E-state index in [0.717, 1.165) is 5.56 Å². The molecule has 3 nitrogen and oxygen atoms in total. The van der Waals surface area contributed by atoms with Crippen LogP contribution in [-0.4, -0.2) is 18.5 Å². The Morgan fingerprint density at radius 2 is 1.48 bits per heavy atom. The lowest BCUT2D eigenvalue weighted by Gasteiger charge is -2.25. The maximum absolute atomic E-state index is 12.7. The van der Waals surface area contributed by atoms with Gasteiger partial charge in [0, 0.05) is 10.9 Å². The third-order valence-corrected chi connectivity index (χ3v) is 6.10. The average molecular weight is 347 g/mol. The molecule has 23 heavy (non-hydrogen) atoms.